The quantitative estimate of drug-likeness (QED) is 0.546. The maximum atomic E-state index is 2.48. The lowest BCUT2D eigenvalue weighted by Gasteiger charge is -2.16. The van der Waals surface area contributed by atoms with Gasteiger partial charge in [0.2, 0.25) is 0 Å². The van der Waals surface area contributed by atoms with Gasteiger partial charge in [-0.3, -0.25) is 0 Å². The molecule has 0 nitrogen and oxygen atoms in total. The van der Waals surface area contributed by atoms with E-state index in [0.717, 1.165) is 0 Å². The van der Waals surface area contributed by atoms with E-state index < -0.39 is 0 Å². The summed E-state index contributed by atoms with van der Waals surface area (Å²) < 4.78 is 2.65. The maximum absolute atomic E-state index is 2.48. The highest BCUT2D eigenvalue weighted by Crippen LogP contribution is 2.29. The standard InChI is InChI=1S/C6H11I2/c1-3-4-6(2,8)5-7/h5H,3-4H2,1-2H3. The number of halogens is 2. The van der Waals surface area contributed by atoms with Gasteiger partial charge in [-0.15, -0.1) is 0 Å². The van der Waals surface area contributed by atoms with Crippen LogP contribution < -0.4 is 0 Å². The Bertz CT molecular complexity index is 59.5. The minimum Gasteiger partial charge on any atom is -0.0800 e. The van der Waals surface area contributed by atoms with Crippen molar-refractivity contribution in [1.29, 1.82) is 0 Å². The maximum Gasteiger partial charge on any atom is 0.0383 e. The van der Waals surface area contributed by atoms with Crippen LogP contribution >= 0.6 is 45.2 Å². The molecular weight excluding hydrogens is 326 g/mol. The molecule has 0 saturated carbocycles. The molecular formula is C6H11I2. The van der Waals surface area contributed by atoms with Gasteiger partial charge < -0.3 is 0 Å². The second kappa shape index (κ2) is 4.30. The Morgan fingerprint density at radius 1 is 1.62 bits per heavy atom. The Kier molecular flexibility index (Phi) is 5.09. The van der Waals surface area contributed by atoms with Crippen LogP contribution in [0.3, 0.4) is 0 Å². The molecule has 49 valence electrons. The summed E-state index contributed by atoms with van der Waals surface area (Å²) in [5.41, 5.74) is 0. The lowest BCUT2D eigenvalue weighted by atomic mass is 10.1. The van der Waals surface area contributed by atoms with Crippen LogP contribution in [0.4, 0.5) is 0 Å². The lowest BCUT2D eigenvalue weighted by Crippen LogP contribution is -2.11. The normalized spacial score (nSPS) is 18.0. The van der Waals surface area contributed by atoms with E-state index in [1.807, 2.05) is 0 Å². The van der Waals surface area contributed by atoms with Crippen LogP contribution in [0.5, 0.6) is 0 Å². The van der Waals surface area contributed by atoms with Crippen molar-refractivity contribution < 1.29 is 0 Å². The Morgan fingerprint density at radius 3 is 2.25 bits per heavy atom. The third kappa shape index (κ3) is 4.35. The van der Waals surface area contributed by atoms with Gasteiger partial charge in [0, 0.05) is 7.85 Å². The number of rotatable bonds is 3. The average molecular weight is 337 g/mol. The molecule has 0 heterocycles. The smallest absolute Gasteiger partial charge is 0.0383 e. The van der Waals surface area contributed by atoms with Crippen LogP contribution in [-0.4, -0.2) is 3.42 Å². The summed E-state index contributed by atoms with van der Waals surface area (Å²) in [4.78, 5) is 0. The van der Waals surface area contributed by atoms with Crippen LogP contribution in [0.2, 0.25) is 0 Å². The monoisotopic (exact) mass is 337 g/mol. The zero-order valence-corrected chi connectivity index (χ0v) is 9.56. The van der Waals surface area contributed by atoms with Gasteiger partial charge in [-0.05, 0) is 13.3 Å². The molecule has 0 spiro atoms. The van der Waals surface area contributed by atoms with Crippen LogP contribution in [0.25, 0.3) is 0 Å². The second-order valence-corrected chi connectivity index (χ2v) is 5.22. The van der Waals surface area contributed by atoms with Gasteiger partial charge in [0.05, 0.1) is 0 Å². The van der Waals surface area contributed by atoms with E-state index in [1.165, 1.54) is 12.8 Å². The minimum absolute atomic E-state index is 0.424. The van der Waals surface area contributed by atoms with Crippen LogP contribution in [-0.2, 0) is 0 Å². The van der Waals surface area contributed by atoms with E-state index in [0.29, 0.717) is 3.42 Å². The summed E-state index contributed by atoms with van der Waals surface area (Å²) in [6, 6.07) is 0. The molecule has 0 saturated heterocycles. The molecule has 1 radical (unpaired) electrons. The third-order valence-electron chi connectivity index (χ3n) is 0.966. The van der Waals surface area contributed by atoms with Crippen molar-refractivity contribution in [3.8, 4) is 0 Å². The first kappa shape index (κ1) is 9.46. The summed E-state index contributed by atoms with van der Waals surface area (Å²) in [5.74, 6) is 0. The molecule has 0 N–H and O–H groups in total. The van der Waals surface area contributed by atoms with Crippen LogP contribution in [0, 0.1) is 4.43 Å². The molecule has 0 bridgehead atoms. The van der Waals surface area contributed by atoms with Crippen molar-refractivity contribution in [3.05, 3.63) is 4.43 Å². The molecule has 0 aromatic heterocycles. The van der Waals surface area contributed by atoms with Crippen molar-refractivity contribution in [2.75, 3.05) is 0 Å². The van der Waals surface area contributed by atoms with Gasteiger partial charge in [-0.2, -0.15) is 0 Å². The Hall–Kier alpha value is 1.46. The van der Waals surface area contributed by atoms with Crippen molar-refractivity contribution in [1.82, 2.24) is 0 Å². The fourth-order valence-corrected chi connectivity index (χ4v) is 1.39. The fourth-order valence-electron chi connectivity index (χ4n) is 0.543. The zero-order chi connectivity index (χ0) is 6.62. The summed E-state index contributed by atoms with van der Waals surface area (Å²) in [6.07, 6.45) is 2.56. The molecule has 0 aromatic carbocycles. The topological polar surface area (TPSA) is 0 Å². The molecule has 0 aliphatic carbocycles. The molecule has 0 aliphatic heterocycles. The molecule has 1 unspecified atom stereocenters. The summed E-state index contributed by atoms with van der Waals surface area (Å²) in [7, 11) is 0. The third-order valence-corrected chi connectivity index (χ3v) is 4.38. The van der Waals surface area contributed by atoms with Crippen molar-refractivity contribution in [3.63, 3.8) is 0 Å². The van der Waals surface area contributed by atoms with E-state index in [9.17, 15) is 0 Å². The predicted octanol–water partition coefficient (Wildman–Crippen LogP) is 3.58. The first-order valence-corrected chi connectivity index (χ1v) is 5.08. The highest BCUT2D eigenvalue weighted by atomic mass is 127. The van der Waals surface area contributed by atoms with Gasteiger partial charge in [0.25, 0.3) is 0 Å². The molecule has 1 atom stereocenters. The van der Waals surface area contributed by atoms with E-state index >= 15 is 0 Å². The summed E-state index contributed by atoms with van der Waals surface area (Å²) >= 11 is 4.80. The highest BCUT2D eigenvalue weighted by molar-refractivity contribution is 14.1. The number of hydrogen-bond donors (Lipinski definition) is 0. The Labute approximate surface area is 79.1 Å². The molecule has 0 amide bonds. The van der Waals surface area contributed by atoms with Gasteiger partial charge in [-0.1, -0.05) is 58.5 Å². The second-order valence-electron chi connectivity index (χ2n) is 2.14. The van der Waals surface area contributed by atoms with Gasteiger partial charge >= 0.3 is 0 Å². The molecule has 0 fully saturated rings. The molecule has 0 rings (SSSR count). The SMILES string of the molecule is CCCC(C)(I)[CH]I. The van der Waals surface area contributed by atoms with Gasteiger partial charge in [-0.25, -0.2) is 0 Å². The summed E-state index contributed by atoms with van der Waals surface area (Å²) in [6.45, 7) is 4.47. The summed E-state index contributed by atoms with van der Waals surface area (Å²) in [5, 5.41) is 0. The van der Waals surface area contributed by atoms with Crippen molar-refractivity contribution in [2.24, 2.45) is 0 Å². The van der Waals surface area contributed by atoms with E-state index in [1.54, 1.807) is 0 Å². The van der Waals surface area contributed by atoms with E-state index in [2.05, 4.69) is 63.5 Å². The van der Waals surface area contributed by atoms with Crippen LogP contribution in [0.1, 0.15) is 26.7 Å². The number of alkyl halides is 1. The lowest BCUT2D eigenvalue weighted by molar-refractivity contribution is 0.700. The fraction of sp³-hybridized carbons (Fsp3) is 0.833. The molecule has 8 heavy (non-hydrogen) atoms. The van der Waals surface area contributed by atoms with E-state index in [-0.39, 0.29) is 0 Å². The first-order valence-electron chi connectivity index (χ1n) is 2.76. The Balaban J connectivity index is 3.37. The average Bonchev–Trinajstić information content (AvgIpc) is 1.67. The Morgan fingerprint density at radius 2 is 2.12 bits per heavy atom. The highest BCUT2D eigenvalue weighted by Gasteiger charge is 2.16. The molecule has 2 heteroatoms. The number of hydrogen-bond acceptors (Lipinski definition) is 0. The molecule has 0 aromatic rings. The predicted molar refractivity (Wildman–Crippen MR) is 55.7 cm³/mol. The minimum atomic E-state index is 0.424. The zero-order valence-electron chi connectivity index (χ0n) is 5.25. The van der Waals surface area contributed by atoms with E-state index in [4.69, 9.17) is 0 Å². The first-order chi connectivity index (χ1) is 3.62. The largest absolute Gasteiger partial charge is 0.0800 e. The van der Waals surface area contributed by atoms with Crippen molar-refractivity contribution >= 4 is 45.2 Å². The van der Waals surface area contributed by atoms with Crippen molar-refractivity contribution in [2.45, 2.75) is 30.1 Å². The molecule has 0 aliphatic rings. The van der Waals surface area contributed by atoms with Crippen LogP contribution in [0.15, 0.2) is 0 Å². The van der Waals surface area contributed by atoms with Gasteiger partial charge in [0.1, 0.15) is 0 Å². The van der Waals surface area contributed by atoms with Gasteiger partial charge in [0.15, 0.2) is 0 Å².